The third-order valence-corrected chi connectivity index (χ3v) is 0. The molecule has 0 aromatic rings. The quantitative estimate of drug-likeness (QED) is 0.449. The van der Waals surface area contributed by atoms with Crippen molar-refractivity contribution in [3.63, 3.8) is 0 Å². The molecule has 1 nitrogen and oxygen atoms in total. The van der Waals surface area contributed by atoms with Gasteiger partial charge in [0.2, 0.25) is 0 Å². The molecule has 0 atom stereocenters. The van der Waals surface area contributed by atoms with E-state index in [4.69, 9.17) is 5.64 Å². The minimum Gasteiger partial charge on any atom is -0.375 e. The molecule has 0 aromatic heterocycles. The molecule has 2 N–H and O–H groups in total. The molecule has 0 rings (SSSR count). The Hall–Kier alpha value is 0.0899. The third kappa shape index (κ3) is 12600. The van der Waals surface area contributed by atoms with Gasteiger partial charge in [-0.15, -0.1) is 0 Å². The number of hydrogen-bond donors (Lipinski definition) is 1. The van der Waals surface area contributed by atoms with Crippen molar-refractivity contribution >= 4 is 14.1 Å². The topological polar surface area (TPSA) is 26.0 Å². The molecular weight excluding hydrogens is 83.7 g/mol. The zero-order valence-corrected chi connectivity index (χ0v) is 5.73. The Morgan fingerprint density at radius 1 is 1.29 bits per heavy atom. The Labute approximate surface area is 48.0 Å². The second-order valence-electron chi connectivity index (χ2n) is 2.07. The molecule has 0 saturated heterocycles. The maximum absolute atomic E-state index is 4.72. The summed E-state index contributed by atoms with van der Waals surface area (Å²) in [5, 5.41) is 0. The van der Waals surface area contributed by atoms with E-state index in [0.29, 0.717) is 0 Å². The molecule has 0 saturated carbocycles. The van der Waals surface area contributed by atoms with Gasteiger partial charge in [0.1, 0.15) is 6.71 Å². The monoisotopic (exact) mass is 98.1 g/mol. The van der Waals surface area contributed by atoms with Gasteiger partial charge in [0.25, 0.3) is 0 Å². The van der Waals surface area contributed by atoms with Crippen molar-refractivity contribution in [3.8, 4) is 0 Å². The van der Waals surface area contributed by atoms with Crippen LogP contribution in [-0.4, -0.2) is 14.1 Å². The van der Waals surface area contributed by atoms with E-state index in [2.05, 4.69) is 20.5 Å². The van der Waals surface area contributed by atoms with Crippen molar-refractivity contribution in [2.45, 2.75) is 27.3 Å². The van der Waals surface area contributed by atoms with E-state index in [0.717, 1.165) is 6.71 Å². The van der Waals surface area contributed by atoms with Gasteiger partial charge in [0.05, 0.1) is 0 Å². The Morgan fingerprint density at radius 3 is 1.29 bits per heavy atom. The van der Waals surface area contributed by atoms with Crippen LogP contribution in [0.15, 0.2) is 0 Å². The second kappa shape index (κ2) is 9.43. The lowest BCUT2D eigenvalue weighted by molar-refractivity contribution is 1.88. The van der Waals surface area contributed by atoms with Crippen molar-refractivity contribution in [2.75, 3.05) is 0 Å². The standard InChI is InChI=1S/C3H9B.CH5BN/c1-4(2)3;1-2-3/h1-3H3;3H2,1H3. The van der Waals surface area contributed by atoms with Crippen molar-refractivity contribution < 1.29 is 0 Å². The summed E-state index contributed by atoms with van der Waals surface area (Å²) in [6.45, 7) is 9.11. The van der Waals surface area contributed by atoms with E-state index >= 15 is 0 Å². The average Bonchev–Trinajstić information content (AvgIpc) is 1.33. The van der Waals surface area contributed by atoms with Crippen LogP contribution in [0, 0.1) is 0 Å². The fourth-order valence-corrected chi connectivity index (χ4v) is 0. The number of rotatable bonds is 0. The van der Waals surface area contributed by atoms with Crippen molar-refractivity contribution in [1.29, 1.82) is 0 Å². The predicted molar refractivity (Wildman–Crippen MR) is 39.2 cm³/mol. The van der Waals surface area contributed by atoms with Crippen LogP contribution in [-0.2, 0) is 0 Å². The Morgan fingerprint density at radius 2 is 1.29 bits per heavy atom. The van der Waals surface area contributed by atoms with E-state index in [9.17, 15) is 0 Å². The molecule has 7 heavy (non-hydrogen) atoms. The van der Waals surface area contributed by atoms with Gasteiger partial charge < -0.3 is 5.64 Å². The van der Waals surface area contributed by atoms with E-state index in [1.807, 2.05) is 0 Å². The minimum absolute atomic E-state index is 0.833. The third-order valence-electron chi connectivity index (χ3n) is 0. The summed E-state index contributed by atoms with van der Waals surface area (Å²) >= 11 is 0. The van der Waals surface area contributed by atoms with Crippen LogP contribution in [0.25, 0.3) is 0 Å². The highest BCUT2D eigenvalue weighted by atomic mass is 14.3. The maximum atomic E-state index is 4.72. The molecular formula is C4H14B2N. The Kier molecular flexibility index (Phi) is 13.7. The highest BCUT2D eigenvalue weighted by Crippen LogP contribution is 1.68. The summed E-state index contributed by atoms with van der Waals surface area (Å²) < 4.78 is 0. The lowest BCUT2D eigenvalue weighted by Gasteiger charge is -1.71. The molecule has 0 aliphatic rings. The van der Waals surface area contributed by atoms with E-state index in [-0.39, 0.29) is 0 Å². The first kappa shape index (κ1) is 10.1. The van der Waals surface area contributed by atoms with Crippen LogP contribution >= 0.6 is 0 Å². The highest BCUT2D eigenvalue weighted by Gasteiger charge is 1.76. The first-order valence-corrected chi connectivity index (χ1v) is 2.64. The SMILES string of the molecule is CB(C)C.C[B]N. The molecule has 0 aromatic carbocycles. The summed E-state index contributed by atoms with van der Waals surface area (Å²) in [7, 11) is 1.50. The van der Waals surface area contributed by atoms with Gasteiger partial charge in [-0.25, -0.2) is 0 Å². The van der Waals surface area contributed by atoms with Crippen LogP contribution in [0.5, 0.6) is 0 Å². The van der Waals surface area contributed by atoms with Gasteiger partial charge in [-0.2, -0.15) is 0 Å². The molecule has 41 valence electrons. The summed E-state index contributed by atoms with van der Waals surface area (Å²) in [5.41, 5.74) is 4.72. The summed E-state index contributed by atoms with van der Waals surface area (Å²) in [6, 6.07) is 0. The summed E-state index contributed by atoms with van der Waals surface area (Å²) in [5.74, 6) is 0. The first-order valence-electron chi connectivity index (χ1n) is 2.64. The van der Waals surface area contributed by atoms with Gasteiger partial charge in [0, 0.05) is 0 Å². The lowest BCUT2D eigenvalue weighted by Crippen LogP contribution is -1.94. The smallest absolute Gasteiger partial charge is 0.198 e. The zero-order valence-electron chi connectivity index (χ0n) is 5.73. The largest absolute Gasteiger partial charge is 0.375 e. The van der Waals surface area contributed by atoms with Crippen LogP contribution in [0.1, 0.15) is 0 Å². The van der Waals surface area contributed by atoms with Crippen LogP contribution in [0.2, 0.25) is 27.3 Å². The Bertz CT molecular complexity index is 20.9. The van der Waals surface area contributed by atoms with Crippen molar-refractivity contribution in [1.82, 2.24) is 0 Å². The van der Waals surface area contributed by atoms with Gasteiger partial charge in [0.15, 0.2) is 7.41 Å². The van der Waals surface area contributed by atoms with Gasteiger partial charge in [-0.1, -0.05) is 27.3 Å². The van der Waals surface area contributed by atoms with Crippen LogP contribution in [0.4, 0.5) is 0 Å². The molecule has 0 spiro atoms. The van der Waals surface area contributed by atoms with Crippen LogP contribution < -0.4 is 5.64 Å². The van der Waals surface area contributed by atoms with E-state index in [1.54, 1.807) is 6.82 Å². The second-order valence-corrected chi connectivity index (χ2v) is 2.07. The normalized spacial score (nSPS) is 5.86. The molecule has 0 fully saturated rings. The molecule has 0 unspecified atom stereocenters. The number of nitrogens with two attached hydrogens (primary N) is 1. The van der Waals surface area contributed by atoms with Gasteiger partial charge >= 0.3 is 0 Å². The number of hydrogen-bond acceptors (Lipinski definition) is 1. The van der Waals surface area contributed by atoms with Crippen LogP contribution in [0.3, 0.4) is 0 Å². The maximum Gasteiger partial charge on any atom is 0.198 e. The lowest BCUT2D eigenvalue weighted by atomic mass is 9.58. The molecule has 1 radical (unpaired) electrons. The van der Waals surface area contributed by atoms with E-state index in [1.165, 1.54) is 7.41 Å². The summed E-state index contributed by atoms with van der Waals surface area (Å²) in [4.78, 5) is 0. The Balaban J connectivity index is 0. The molecule has 0 bridgehead atoms. The molecule has 0 heterocycles. The predicted octanol–water partition coefficient (Wildman–Crippen LogP) is 0.983. The fourth-order valence-electron chi connectivity index (χ4n) is 0. The molecule has 3 heteroatoms. The first-order chi connectivity index (χ1) is 3.15. The van der Waals surface area contributed by atoms with Gasteiger partial charge in [-0.3, -0.25) is 0 Å². The van der Waals surface area contributed by atoms with Gasteiger partial charge in [-0.05, 0) is 0 Å². The molecule has 0 aliphatic heterocycles. The van der Waals surface area contributed by atoms with Crippen molar-refractivity contribution in [3.05, 3.63) is 0 Å². The fraction of sp³-hybridized carbons (Fsp3) is 1.00. The average molecular weight is 97.8 g/mol. The highest BCUT2D eigenvalue weighted by molar-refractivity contribution is 6.54. The minimum atomic E-state index is 0.833. The zero-order chi connectivity index (χ0) is 6.28. The van der Waals surface area contributed by atoms with E-state index < -0.39 is 0 Å². The molecule has 0 aliphatic carbocycles. The molecule has 0 amide bonds. The summed E-state index contributed by atoms with van der Waals surface area (Å²) in [6.07, 6.45) is 0. The van der Waals surface area contributed by atoms with Crippen molar-refractivity contribution in [2.24, 2.45) is 5.64 Å².